The largest absolute Gasteiger partial charge is 0.377 e. The van der Waals surface area contributed by atoms with Crippen LogP contribution in [0.2, 0.25) is 0 Å². The third kappa shape index (κ3) is 4.33. The van der Waals surface area contributed by atoms with Gasteiger partial charge in [0, 0.05) is 43.0 Å². The van der Waals surface area contributed by atoms with Crippen molar-refractivity contribution >= 4 is 32.3 Å². The van der Waals surface area contributed by atoms with E-state index in [1.807, 2.05) is 6.07 Å². The Bertz CT molecular complexity index is 1260. The molecule has 178 valence electrons. The topological polar surface area (TPSA) is 101 Å². The van der Waals surface area contributed by atoms with Gasteiger partial charge in [-0.05, 0) is 19.8 Å². The Morgan fingerprint density at radius 3 is 2.82 bits per heavy atom. The SMILES string of the molecule is C[C@@H]1COCCN1c1cc(N=[S@@](C)(=O)C2CCC(F)(F)CC2)c2cnn(-c3ccn[nH]3)c2n1. The van der Waals surface area contributed by atoms with E-state index < -0.39 is 15.7 Å². The molecule has 4 heterocycles. The Morgan fingerprint density at radius 1 is 1.33 bits per heavy atom. The summed E-state index contributed by atoms with van der Waals surface area (Å²) < 4.78 is 52.8. The van der Waals surface area contributed by atoms with E-state index >= 15 is 0 Å². The molecule has 1 aliphatic carbocycles. The standard InChI is InChI=1S/C21H27F2N7O2S/c1-14-13-32-10-9-29(14)19-11-17(28-33(2,31)15-3-6-21(22,23)7-4-15)16-12-25-30(20(16)26-19)18-5-8-24-27-18/h5,8,11-12,14-15H,3-4,6-7,9-10,13H2,1-2H3,(H,24,27)/t14-,33+/m1/s1. The van der Waals surface area contributed by atoms with Gasteiger partial charge in [0.2, 0.25) is 5.92 Å². The minimum atomic E-state index is -2.77. The van der Waals surface area contributed by atoms with Crippen molar-refractivity contribution in [3.05, 3.63) is 24.5 Å². The number of nitrogens with one attached hydrogen (secondary N) is 1. The van der Waals surface area contributed by atoms with Crippen molar-refractivity contribution in [2.45, 2.75) is 49.8 Å². The Kier molecular flexibility index (Phi) is 5.60. The maximum atomic E-state index is 13.7. The van der Waals surface area contributed by atoms with Crippen LogP contribution in [0, 0.1) is 0 Å². The summed E-state index contributed by atoms with van der Waals surface area (Å²) >= 11 is 0. The number of ether oxygens (including phenoxy) is 1. The van der Waals surface area contributed by atoms with Gasteiger partial charge in [-0.15, -0.1) is 0 Å². The first-order valence-corrected chi connectivity index (χ1v) is 13.0. The van der Waals surface area contributed by atoms with Gasteiger partial charge in [0.15, 0.2) is 11.5 Å². The first kappa shape index (κ1) is 22.2. The normalized spacial score (nSPS) is 23.5. The van der Waals surface area contributed by atoms with Crippen molar-refractivity contribution in [3.63, 3.8) is 0 Å². The van der Waals surface area contributed by atoms with Crippen LogP contribution in [-0.2, 0) is 14.5 Å². The molecule has 12 heteroatoms. The number of hydrogen-bond acceptors (Lipinski definition) is 7. The number of halogens is 2. The van der Waals surface area contributed by atoms with E-state index in [2.05, 4.69) is 31.5 Å². The molecule has 5 rings (SSSR count). The van der Waals surface area contributed by atoms with Crippen LogP contribution in [0.15, 0.2) is 28.9 Å². The van der Waals surface area contributed by atoms with Gasteiger partial charge in [0.1, 0.15) is 5.82 Å². The molecule has 1 saturated carbocycles. The molecule has 2 fully saturated rings. The number of aromatic nitrogens is 5. The number of anilines is 1. The molecule has 0 bridgehead atoms. The highest BCUT2D eigenvalue weighted by molar-refractivity contribution is 7.93. The van der Waals surface area contributed by atoms with Crippen molar-refractivity contribution in [2.24, 2.45) is 4.36 Å². The van der Waals surface area contributed by atoms with Crippen LogP contribution in [0.25, 0.3) is 16.9 Å². The molecule has 3 aromatic heterocycles. The maximum absolute atomic E-state index is 13.7. The molecule has 1 saturated heterocycles. The van der Waals surface area contributed by atoms with Crippen LogP contribution in [0.4, 0.5) is 20.3 Å². The average molecular weight is 480 g/mol. The number of fused-ring (bicyclic) bond motifs is 1. The maximum Gasteiger partial charge on any atom is 0.248 e. The zero-order valence-corrected chi connectivity index (χ0v) is 19.4. The van der Waals surface area contributed by atoms with Gasteiger partial charge in [-0.25, -0.2) is 18.0 Å². The highest BCUT2D eigenvalue weighted by Crippen LogP contribution is 2.38. The zero-order chi connectivity index (χ0) is 23.2. The number of H-pyrrole nitrogens is 1. The molecule has 0 radical (unpaired) electrons. The molecule has 0 amide bonds. The van der Waals surface area contributed by atoms with Crippen LogP contribution >= 0.6 is 0 Å². The molecule has 0 aromatic carbocycles. The molecule has 9 nitrogen and oxygen atoms in total. The fraction of sp³-hybridized carbons (Fsp3) is 0.571. The second kappa shape index (κ2) is 8.32. The molecular weight excluding hydrogens is 452 g/mol. The monoisotopic (exact) mass is 479 g/mol. The smallest absolute Gasteiger partial charge is 0.248 e. The predicted octanol–water partition coefficient (Wildman–Crippen LogP) is 3.68. The van der Waals surface area contributed by atoms with Gasteiger partial charge in [-0.1, -0.05) is 0 Å². The zero-order valence-electron chi connectivity index (χ0n) is 18.6. The van der Waals surface area contributed by atoms with Crippen molar-refractivity contribution in [2.75, 3.05) is 30.9 Å². The second-order valence-corrected chi connectivity index (χ2v) is 11.4. The number of nitrogens with zero attached hydrogens (tertiary/aromatic N) is 6. The van der Waals surface area contributed by atoms with Crippen molar-refractivity contribution < 1.29 is 17.7 Å². The van der Waals surface area contributed by atoms with Crippen LogP contribution in [0.1, 0.15) is 32.6 Å². The van der Waals surface area contributed by atoms with E-state index in [1.165, 1.54) is 0 Å². The van der Waals surface area contributed by atoms with Crippen molar-refractivity contribution in [1.82, 2.24) is 25.0 Å². The van der Waals surface area contributed by atoms with Crippen molar-refractivity contribution in [3.8, 4) is 5.82 Å². The summed E-state index contributed by atoms with van der Waals surface area (Å²) in [6.07, 6.45) is 4.72. The molecule has 33 heavy (non-hydrogen) atoms. The first-order valence-electron chi connectivity index (χ1n) is 11.1. The second-order valence-electron chi connectivity index (χ2n) is 8.86. The molecule has 0 unspecified atom stereocenters. The number of pyridine rings is 1. The number of alkyl halides is 2. The Balaban J connectivity index is 1.63. The predicted molar refractivity (Wildman–Crippen MR) is 122 cm³/mol. The summed E-state index contributed by atoms with van der Waals surface area (Å²) in [5, 5.41) is 11.6. The highest BCUT2D eigenvalue weighted by Gasteiger charge is 2.38. The number of morpholine rings is 1. The fourth-order valence-electron chi connectivity index (χ4n) is 4.52. The van der Waals surface area contributed by atoms with E-state index in [-0.39, 0.29) is 37.0 Å². The lowest BCUT2D eigenvalue weighted by Crippen LogP contribution is -2.44. The molecular formula is C21H27F2N7O2S. The Hall–Kier alpha value is -2.60. The minimum absolute atomic E-state index is 0.103. The lowest BCUT2D eigenvalue weighted by molar-refractivity contribution is -0.0326. The lowest BCUT2D eigenvalue weighted by Gasteiger charge is -2.34. The Labute approximate surface area is 190 Å². The summed E-state index contributed by atoms with van der Waals surface area (Å²) in [4.78, 5) is 6.99. The molecule has 2 aliphatic rings. The fourth-order valence-corrected chi connectivity index (χ4v) is 6.33. The van der Waals surface area contributed by atoms with E-state index in [9.17, 15) is 13.0 Å². The lowest BCUT2D eigenvalue weighted by atomic mass is 9.96. The molecule has 1 N–H and O–H groups in total. The molecule has 2 atom stereocenters. The van der Waals surface area contributed by atoms with Gasteiger partial charge in [-0.2, -0.15) is 19.2 Å². The minimum Gasteiger partial charge on any atom is -0.377 e. The van der Waals surface area contributed by atoms with Gasteiger partial charge < -0.3 is 9.64 Å². The van der Waals surface area contributed by atoms with Gasteiger partial charge in [-0.3, -0.25) is 5.10 Å². The summed E-state index contributed by atoms with van der Waals surface area (Å²) in [6, 6.07) is 3.70. The van der Waals surface area contributed by atoms with Crippen LogP contribution in [-0.4, -0.2) is 72.4 Å². The highest BCUT2D eigenvalue weighted by atomic mass is 32.2. The molecule has 3 aromatic rings. The van der Waals surface area contributed by atoms with Gasteiger partial charge >= 0.3 is 0 Å². The van der Waals surface area contributed by atoms with Gasteiger partial charge in [0.25, 0.3) is 0 Å². The number of hydrogen-bond donors (Lipinski definition) is 1. The quantitative estimate of drug-likeness (QED) is 0.613. The Morgan fingerprint density at radius 2 is 2.12 bits per heavy atom. The molecule has 0 spiro atoms. The number of rotatable bonds is 4. The van der Waals surface area contributed by atoms with E-state index in [0.717, 1.165) is 0 Å². The third-order valence-electron chi connectivity index (χ3n) is 6.44. The first-order chi connectivity index (χ1) is 15.7. The van der Waals surface area contributed by atoms with E-state index in [4.69, 9.17) is 9.72 Å². The average Bonchev–Trinajstić information content (AvgIpc) is 3.43. The van der Waals surface area contributed by atoms with Crippen LogP contribution in [0.5, 0.6) is 0 Å². The third-order valence-corrected chi connectivity index (χ3v) is 8.71. The summed E-state index contributed by atoms with van der Waals surface area (Å²) in [6.45, 7) is 3.87. The molecule has 1 aliphatic heterocycles. The van der Waals surface area contributed by atoms with E-state index in [1.54, 1.807) is 29.4 Å². The van der Waals surface area contributed by atoms with Crippen LogP contribution in [0.3, 0.4) is 0 Å². The summed E-state index contributed by atoms with van der Waals surface area (Å²) in [7, 11) is -2.77. The van der Waals surface area contributed by atoms with E-state index in [0.29, 0.717) is 48.1 Å². The van der Waals surface area contributed by atoms with Gasteiger partial charge in [0.05, 0.1) is 52.5 Å². The van der Waals surface area contributed by atoms with Crippen LogP contribution < -0.4 is 4.90 Å². The summed E-state index contributed by atoms with van der Waals surface area (Å²) in [5.41, 5.74) is 1.06. The summed E-state index contributed by atoms with van der Waals surface area (Å²) in [5.74, 6) is -1.35. The number of aromatic amines is 1. The van der Waals surface area contributed by atoms with Crippen molar-refractivity contribution in [1.29, 1.82) is 0 Å².